The molecule has 4 rings (SSSR count). The Balaban J connectivity index is 1.42. The summed E-state index contributed by atoms with van der Waals surface area (Å²) in [6.45, 7) is 0.283. The van der Waals surface area contributed by atoms with E-state index >= 15 is 0 Å². The van der Waals surface area contributed by atoms with Crippen molar-refractivity contribution in [3.63, 3.8) is 0 Å². The Morgan fingerprint density at radius 1 is 0.886 bits per heavy atom. The molecule has 6 nitrogen and oxygen atoms in total. The second-order valence-electron chi connectivity index (χ2n) is 7.77. The summed E-state index contributed by atoms with van der Waals surface area (Å²) in [5.74, 6) is -0.0243. The summed E-state index contributed by atoms with van der Waals surface area (Å²) < 4.78 is 5.78. The van der Waals surface area contributed by atoms with Crippen LogP contribution in [0.25, 0.3) is 0 Å². The number of rotatable bonds is 8. The van der Waals surface area contributed by atoms with Crippen molar-refractivity contribution in [1.29, 1.82) is 5.26 Å². The topological polar surface area (TPSA) is 94.7 Å². The second-order valence-corrected chi connectivity index (χ2v) is 7.77. The van der Waals surface area contributed by atoms with E-state index in [0.29, 0.717) is 22.4 Å². The predicted molar refractivity (Wildman–Crippen MR) is 134 cm³/mol. The maximum atomic E-state index is 13.1. The van der Waals surface area contributed by atoms with Gasteiger partial charge in [-0.15, -0.1) is 0 Å². The zero-order chi connectivity index (χ0) is 24.5. The van der Waals surface area contributed by atoms with Gasteiger partial charge in [0, 0.05) is 5.56 Å². The van der Waals surface area contributed by atoms with Crippen LogP contribution < -0.4 is 10.2 Å². The summed E-state index contributed by atoms with van der Waals surface area (Å²) >= 11 is 0. The Morgan fingerprint density at radius 2 is 1.46 bits per heavy atom. The molecule has 172 valence electrons. The smallest absolute Gasteiger partial charge is 0.281 e. The summed E-state index contributed by atoms with van der Waals surface area (Å²) in [6, 6.07) is 34.1. The number of hydrogen-bond acceptors (Lipinski definition) is 5. The number of benzene rings is 4. The Bertz CT molecular complexity index is 1310. The second kappa shape index (κ2) is 10.9. The van der Waals surface area contributed by atoms with E-state index in [9.17, 15) is 15.2 Å². The molecule has 0 aliphatic rings. The zero-order valence-corrected chi connectivity index (χ0v) is 18.8. The summed E-state index contributed by atoms with van der Waals surface area (Å²) in [5.41, 5.74) is 3.58. The van der Waals surface area contributed by atoms with Gasteiger partial charge < -0.3 is 9.84 Å². The van der Waals surface area contributed by atoms with Crippen molar-refractivity contribution in [1.82, 2.24) is 5.43 Å². The Hall–Kier alpha value is -4.73. The van der Waals surface area contributed by atoms with Crippen LogP contribution in [0.3, 0.4) is 0 Å². The van der Waals surface area contributed by atoms with Crippen LogP contribution in [-0.2, 0) is 17.0 Å². The molecule has 0 aliphatic heterocycles. The average molecular weight is 462 g/mol. The highest BCUT2D eigenvalue weighted by molar-refractivity contribution is 5.91. The molecule has 0 radical (unpaired) electrons. The van der Waals surface area contributed by atoms with Crippen LogP contribution in [0.15, 0.2) is 114 Å². The largest absolute Gasteiger partial charge is 0.489 e. The lowest BCUT2D eigenvalue weighted by atomic mass is 9.85. The molecule has 1 amide bonds. The minimum Gasteiger partial charge on any atom is -0.489 e. The fraction of sp³-hybridized carbons (Fsp3) is 0.0690. The first-order valence-corrected chi connectivity index (χ1v) is 11.0. The van der Waals surface area contributed by atoms with Crippen molar-refractivity contribution in [2.45, 2.75) is 12.2 Å². The molecule has 0 saturated carbocycles. The number of amides is 1. The summed E-state index contributed by atoms with van der Waals surface area (Å²) in [6.07, 6.45) is 1.49. The standard InChI is InChI=1S/C29H23N3O3/c30-19-23-9-7-8-10-24(23)21-35-27-17-15-22(16-18-27)20-31-32-28(33)29(34,25-11-3-1-4-12-25)26-13-5-2-6-14-26/h1-18,20,34H,21H2,(H,32,33)/b31-20+. The van der Waals surface area contributed by atoms with Gasteiger partial charge in [0.05, 0.1) is 17.8 Å². The van der Waals surface area contributed by atoms with Crippen LogP contribution in [0.1, 0.15) is 27.8 Å². The van der Waals surface area contributed by atoms with E-state index in [1.807, 2.05) is 30.3 Å². The van der Waals surface area contributed by atoms with Crippen molar-refractivity contribution in [2.24, 2.45) is 5.10 Å². The summed E-state index contributed by atoms with van der Waals surface area (Å²) in [5, 5.41) is 24.7. The molecule has 4 aromatic rings. The third-order valence-electron chi connectivity index (χ3n) is 5.50. The van der Waals surface area contributed by atoms with Crippen LogP contribution >= 0.6 is 0 Å². The van der Waals surface area contributed by atoms with E-state index in [1.54, 1.807) is 78.9 Å². The fourth-order valence-electron chi connectivity index (χ4n) is 3.60. The molecule has 0 aromatic heterocycles. The first-order chi connectivity index (χ1) is 17.1. The highest BCUT2D eigenvalue weighted by Crippen LogP contribution is 2.29. The van der Waals surface area contributed by atoms with E-state index in [-0.39, 0.29) is 6.61 Å². The van der Waals surface area contributed by atoms with Gasteiger partial charge in [-0.25, -0.2) is 5.43 Å². The third-order valence-corrected chi connectivity index (χ3v) is 5.50. The number of nitrogens with zero attached hydrogens (tertiary/aromatic N) is 2. The molecule has 2 N–H and O–H groups in total. The fourth-order valence-corrected chi connectivity index (χ4v) is 3.60. The number of carbonyl (C=O) groups excluding carboxylic acids is 1. The Morgan fingerprint density at radius 3 is 2.06 bits per heavy atom. The van der Waals surface area contributed by atoms with Crippen molar-refractivity contribution in [3.05, 3.63) is 137 Å². The quantitative estimate of drug-likeness (QED) is 0.298. The van der Waals surface area contributed by atoms with E-state index in [2.05, 4.69) is 16.6 Å². The van der Waals surface area contributed by atoms with Gasteiger partial charge in [0.25, 0.3) is 5.91 Å². The highest BCUT2D eigenvalue weighted by Gasteiger charge is 2.39. The van der Waals surface area contributed by atoms with Gasteiger partial charge in [0.2, 0.25) is 0 Å². The van der Waals surface area contributed by atoms with Gasteiger partial charge in [-0.05, 0) is 47.0 Å². The zero-order valence-electron chi connectivity index (χ0n) is 18.8. The number of hydrazone groups is 1. The molecule has 35 heavy (non-hydrogen) atoms. The minimum atomic E-state index is -1.89. The molecular weight excluding hydrogens is 438 g/mol. The molecule has 0 spiro atoms. The van der Waals surface area contributed by atoms with Crippen LogP contribution in [0.4, 0.5) is 0 Å². The van der Waals surface area contributed by atoms with Gasteiger partial charge >= 0.3 is 0 Å². The van der Waals surface area contributed by atoms with Crippen LogP contribution in [0, 0.1) is 11.3 Å². The third kappa shape index (κ3) is 5.44. The van der Waals surface area contributed by atoms with Crippen LogP contribution in [-0.4, -0.2) is 17.2 Å². The predicted octanol–water partition coefficient (Wildman–Crippen LogP) is 4.52. The molecule has 0 bridgehead atoms. The van der Waals surface area contributed by atoms with E-state index in [1.165, 1.54) is 6.21 Å². The maximum absolute atomic E-state index is 13.1. The molecule has 0 fully saturated rings. The lowest BCUT2D eigenvalue weighted by Crippen LogP contribution is -2.43. The summed E-state index contributed by atoms with van der Waals surface area (Å²) in [4.78, 5) is 13.1. The van der Waals surface area contributed by atoms with Gasteiger partial charge in [-0.3, -0.25) is 4.79 Å². The van der Waals surface area contributed by atoms with E-state index in [0.717, 1.165) is 11.1 Å². The van der Waals surface area contributed by atoms with E-state index < -0.39 is 11.5 Å². The molecule has 4 aromatic carbocycles. The lowest BCUT2D eigenvalue weighted by molar-refractivity contribution is -0.136. The maximum Gasteiger partial charge on any atom is 0.281 e. The van der Waals surface area contributed by atoms with Gasteiger partial charge in [0.1, 0.15) is 12.4 Å². The van der Waals surface area contributed by atoms with Crippen molar-refractivity contribution >= 4 is 12.1 Å². The Labute approximate surface area is 203 Å². The molecule has 6 heteroatoms. The lowest BCUT2D eigenvalue weighted by Gasteiger charge is -2.27. The number of nitriles is 1. The molecule has 0 atom stereocenters. The number of hydrogen-bond donors (Lipinski definition) is 2. The van der Waals surface area contributed by atoms with Crippen LogP contribution in [0.2, 0.25) is 0 Å². The van der Waals surface area contributed by atoms with Crippen molar-refractivity contribution < 1.29 is 14.6 Å². The Kier molecular flexibility index (Phi) is 7.31. The number of aliphatic hydroxyl groups is 1. The minimum absolute atomic E-state index is 0.283. The van der Waals surface area contributed by atoms with Crippen LogP contribution in [0.5, 0.6) is 5.75 Å². The molecule has 0 saturated heterocycles. The SMILES string of the molecule is N#Cc1ccccc1COc1ccc(/C=N/NC(=O)C(O)(c2ccccc2)c2ccccc2)cc1. The highest BCUT2D eigenvalue weighted by atomic mass is 16.5. The average Bonchev–Trinajstić information content (AvgIpc) is 2.93. The normalized spacial score (nSPS) is 11.1. The van der Waals surface area contributed by atoms with E-state index in [4.69, 9.17) is 4.74 Å². The van der Waals surface area contributed by atoms with Gasteiger partial charge in [-0.1, -0.05) is 78.9 Å². The molecular formula is C29H23N3O3. The number of carbonyl (C=O) groups is 1. The molecule has 0 unspecified atom stereocenters. The number of ether oxygens (including phenoxy) is 1. The number of nitrogens with one attached hydrogen (secondary N) is 1. The van der Waals surface area contributed by atoms with Gasteiger partial charge in [-0.2, -0.15) is 10.4 Å². The molecule has 0 heterocycles. The first kappa shape index (κ1) is 23.4. The van der Waals surface area contributed by atoms with Crippen molar-refractivity contribution in [3.8, 4) is 11.8 Å². The van der Waals surface area contributed by atoms with Crippen molar-refractivity contribution in [2.75, 3.05) is 0 Å². The van der Waals surface area contributed by atoms with Gasteiger partial charge in [0.15, 0.2) is 5.60 Å². The summed E-state index contributed by atoms with van der Waals surface area (Å²) in [7, 11) is 0. The monoisotopic (exact) mass is 461 g/mol. The first-order valence-electron chi connectivity index (χ1n) is 11.0. The molecule has 0 aliphatic carbocycles.